The van der Waals surface area contributed by atoms with Crippen LogP contribution in [-0.4, -0.2) is 31.0 Å². The molecule has 0 fully saturated rings. The van der Waals surface area contributed by atoms with Crippen LogP contribution in [0.2, 0.25) is 5.02 Å². The van der Waals surface area contributed by atoms with Crippen LogP contribution in [0.15, 0.2) is 31.1 Å². The number of aromatic nitrogens is 4. The number of hydrogen-bond acceptors (Lipinski definition) is 4. The van der Waals surface area contributed by atoms with Crippen LogP contribution in [0.1, 0.15) is 10.6 Å². The van der Waals surface area contributed by atoms with Crippen molar-refractivity contribution in [2.45, 2.75) is 0 Å². The molecule has 0 aliphatic heterocycles. The molecule has 2 aromatic rings. The summed E-state index contributed by atoms with van der Waals surface area (Å²) in [5.74, 6) is -1.37. The molecule has 7 heteroatoms. The third kappa shape index (κ3) is 4.19. The van der Waals surface area contributed by atoms with Crippen LogP contribution >= 0.6 is 11.6 Å². The molecular formula is C8H7ClN4O2. The molecule has 0 unspecified atom stereocenters. The molecule has 0 saturated heterocycles. The van der Waals surface area contributed by atoms with Gasteiger partial charge >= 0.3 is 5.97 Å². The lowest BCUT2D eigenvalue weighted by Crippen LogP contribution is -2.02. The zero-order chi connectivity index (χ0) is 11.1. The maximum absolute atomic E-state index is 10.0. The van der Waals surface area contributed by atoms with E-state index in [4.69, 9.17) is 16.7 Å². The molecular weight excluding hydrogens is 220 g/mol. The molecule has 0 spiro atoms. The highest BCUT2D eigenvalue weighted by Gasteiger charge is 2.01. The SMILES string of the molecule is Clc1cc[nH]c1.O=C(O)c1ncncn1. The fourth-order valence-electron chi connectivity index (χ4n) is 0.653. The summed E-state index contributed by atoms with van der Waals surface area (Å²) in [6.07, 6.45) is 5.77. The molecule has 2 heterocycles. The van der Waals surface area contributed by atoms with Crippen molar-refractivity contribution < 1.29 is 9.90 Å². The van der Waals surface area contributed by atoms with E-state index in [1.54, 1.807) is 18.5 Å². The number of hydrogen-bond donors (Lipinski definition) is 2. The van der Waals surface area contributed by atoms with Gasteiger partial charge in [0.1, 0.15) is 12.7 Å². The summed E-state index contributed by atoms with van der Waals surface area (Å²) in [7, 11) is 0. The summed E-state index contributed by atoms with van der Waals surface area (Å²) < 4.78 is 0. The van der Waals surface area contributed by atoms with Crippen molar-refractivity contribution in [3.05, 3.63) is 42.0 Å². The van der Waals surface area contributed by atoms with Crippen LogP contribution in [0, 0.1) is 0 Å². The van der Waals surface area contributed by atoms with Crippen LogP contribution in [0.4, 0.5) is 0 Å². The molecule has 6 nitrogen and oxygen atoms in total. The van der Waals surface area contributed by atoms with E-state index in [9.17, 15) is 4.79 Å². The van der Waals surface area contributed by atoms with Gasteiger partial charge in [-0.05, 0) is 6.07 Å². The predicted octanol–water partition coefficient (Wildman–Crippen LogP) is 1.24. The highest BCUT2D eigenvalue weighted by molar-refractivity contribution is 6.30. The van der Waals surface area contributed by atoms with Gasteiger partial charge < -0.3 is 10.1 Å². The minimum Gasteiger partial charge on any atom is -0.475 e. The van der Waals surface area contributed by atoms with Gasteiger partial charge in [0.15, 0.2) is 0 Å². The maximum atomic E-state index is 10.0. The average Bonchev–Trinajstić information content (AvgIpc) is 2.71. The monoisotopic (exact) mass is 226 g/mol. The van der Waals surface area contributed by atoms with E-state index in [1.807, 2.05) is 0 Å². The van der Waals surface area contributed by atoms with Crippen LogP contribution in [0.3, 0.4) is 0 Å². The van der Waals surface area contributed by atoms with Gasteiger partial charge in [-0.2, -0.15) is 0 Å². The molecule has 0 aliphatic rings. The molecule has 2 aromatic heterocycles. The Kier molecular flexibility index (Phi) is 4.24. The molecule has 15 heavy (non-hydrogen) atoms. The first-order valence-electron chi connectivity index (χ1n) is 3.83. The lowest BCUT2D eigenvalue weighted by molar-refractivity contribution is 0.0683. The number of aromatic carboxylic acids is 1. The number of nitrogens with one attached hydrogen (secondary N) is 1. The second kappa shape index (κ2) is 5.71. The summed E-state index contributed by atoms with van der Waals surface area (Å²) in [6, 6.07) is 1.79. The molecule has 0 saturated carbocycles. The molecule has 0 atom stereocenters. The standard InChI is InChI=1S/C4H4ClN.C4H3N3O2/c5-4-1-2-6-3-4;8-4(9)3-6-1-5-2-7-3/h1-3,6H;1-2H,(H,8,9). The molecule has 2 N–H and O–H groups in total. The Labute approximate surface area is 90.0 Å². The van der Waals surface area contributed by atoms with Crippen molar-refractivity contribution in [1.82, 2.24) is 19.9 Å². The zero-order valence-corrected chi connectivity index (χ0v) is 8.22. The van der Waals surface area contributed by atoms with E-state index in [-0.39, 0.29) is 5.82 Å². The number of halogens is 1. The van der Waals surface area contributed by atoms with Crippen LogP contribution < -0.4 is 0 Å². The van der Waals surface area contributed by atoms with Crippen LogP contribution in [0.5, 0.6) is 0 Å². The second-order valence-electron chi connectivity index (χ2n) is 2.30. The molecule has 0 bridgehead atoms. The highest BCUT2D eigenvalue weighted by Crippen LogP contribution is 2.01. The van der Waals surface area contributed by atoms with Gasteiger partial charge in [-0.3, -0.25) is 0 Å². The summed E-state index contributed by atoms with van der Waals surface area (Å²) >= 11 is 5.42. The topological polar surface area (TPSA) is 91.8 Å². The van der Waals surface area contributed by atoms with E-state index in [1.165, 1.54) is 0 Å². The van der Waals surface area contributed by atoms with E-state index < -0.39 is 5.97 Å². The third-order valence-electron chi connectivity index (χ3n) is 1.24. The largest absolute Gasteiger partial charge is 0.475 e. The summed E-state index contributed by atoms with van der Waals surface area (Å²) in [5.41, 5.74) is 0. The number of carbonyl (C=O) groups is 1. The smallest absolute Gasteiger partial charge is 0.374 e. The minimum absolute atomic E-state index is 0.231. The van der Waals surface area contributed by atoms with Crippen molar-refractivity contribution in [1.29, 1.82) is 0 Å². The van der Waals surface area contributed by atoms with Gasteiger partial charge in [0.05, 0.1) is 5.02 Å². The normalized spacial score (nSPS) is 8.87. The maximum Gasteiger partial charge on any atom is 0.374 e. The first-order valence-corrected chi connectivity index (χ1v) is 4.21. The quantitative estimate of drug-likeness (QED) is 0.763. The Morgan fingerprint density at radius 1 is 1.40 bits per heavy atom. The lowest BCUT2D eigenvalue weighted by Gasteiger charge is -1.85. The molecule has 2 rings (SSSR count). The van der Waals surface area contributed by atoms with E-state index in [0.717, 1.165) is 17.7 Å². The van der Waals surface area contributed by atoms with Gasteiger partial charge in [-0.25, -0.2) is 19.7 Å². The number of carboxylic acid groups (broad SMARTS) is 1. The lowest BCUT2D eigenvalue weighted by atomic mass is 10.6. The van der Waals surface area contributed by atoms with Crippen molar-refractivity contribution in [3.63, 3.8) is 0 Å². The minimum atomic E-state index is -1.14. The van der Waals surface area contributed by atoms with Gasteiger partial charge in [-0.15, -0.1) is 0 Å². The number of H-pyrrole nitrogens is 1. The van der Waals surface area contributed by atoms with E-state index >= 15 is 0 Å². The molecule has 0 radical (unpaired) electrons. The van der Waals surface area contributed by atoms with Crippen molar-refractivity contribution in [2.24, 2.45) is 0 Å². The molecule has 0 aromatic carbocycles. The van der Waals surface area contributed by atoms with Crippen LogP contribution in [0.25, 0.3) is 0 Å². The van der Waals surface area contributed by atoms with Gasteiger partial charge in [0.2, 0.25) is 5.82 Å². The van der Waals surface area contributed by atoms with E-state index in [2.05, 4.69) is 19.9 Å². The Morgan fingerprint density at radius 2 is 2.07 bits per heavy atom. The number of aromatic amines is 1. The Morgan fingerprint density at radius 3 is 2.33 bits per heavy atom. The first-order chi connectivity index (χ1) is 7.20. The molecule has 0 aliphatic carbocycles. The number of rotatable bonds is 1. The molecule has 78 valence electrons. The fourth-order valence-corrected chi connectivity index (χ4v) is 0.779. The predicted molar refractivity (Wildman–Crippen MR) is 52.6 cm³/mol. The fraction of sp³-hybridized carbons (Fsp3) is 0. The zero-order valence-electron chi connectivity index (χ0n) is 7.46. The average molecular weight is 227 g/mol. The summed E-state index contributed by atoms with van der Waals surface area (Å²) in [6.45, 7) is 0. The van der Waals surface area contributed by atoms with Crippen molar-refractivity contribution >= 4 is 17.6 Å². The Balaban J connectivity index is 0.000000162. The van der Waals surface area contributed by atoms with E-state index in [0.29, 0.717) is 0 Å². The van der Waals surface area contributed by atoms with Crippen molar-refractivity contribution in [2.75, 3.05) is 0 Å². The van der Waals surface area contributed by atoms with Crippen molar-refractivity contribution in [3.8, 4) is 0 Å². The summed E-state index contributed by atoms with van der Waals surface area (Å²) in [4.78, 5) is 23.0. The number of carboxylic acids is 1. The third-order valence-corrected chi connectivity index (χ3v) is 1.48. The van der Waals surface area contributed by atoms with Gasteiger partial charge in [-0.1, -0.05) is 11.6 Å². The molecule has 0 amide bonds. The Bertz CT molecular complexity index is 404. The van der Waals surface area contributed by atoms with Gasteiger partial charge in [0.25, 0.3) is 0 Å². The summed E-state index contributed by atoms with van der Waals surface area (Å²) in [5, 5.41) is 8.99. The number of nitrogens with zero attached hydrogens (tertiary/aromatic N) is 3. The van der Waals surface area contributed by atoms with Crippen LogP contribution in [-0.2, 0) is 0 Å². The highest BCUT2D eigenvalue weighted by atomic mass is 35.5. The first kappa shape index (κ1) is 11.1. The van der Waals surface area contributed by atoms with Gasteiger partial charge in [0, 0.05) is 12.4 Å². The Hall–Kier alpha value is -1.95. The second-order valence-corrected chi connectivity index (χ2v) is 2.73.